The number of nitriles is 1. The predicted molar refractivity (Wildman–Crippen MR) is 56.7 cm³/mol. The first-order chi connectivity index (χ1) is 6.74. The van der Waals surface area contributed by atoms with Gasteiger partial charge in [0.05, 0.1) is 11.3 Å². The Kier molecular flexibility index (Phi) is 3.47. The SMILES string of the molecule is CCC(CC)c1cncc(C#N)c1N. The number of hydrogen-bond donors (Lipinski definition) is 1. The van der Waals surface area contributed by atoms with E-state index in [1.807, 2.05) is 0 Å². The molecule has 0 atom stereocenters. The van der Waals surface area contributed by atoms with Crippen LogP contribution in [0.3, 0.4) is 0 Å². The molecule has 0 unspecified atom stereocenters. The minimum Gasteiger partial charge on any atom is -0.397 e. The third-order valence-electron chi connectivity index (χ3n) is 2.56. The molecule has 2 N–H and O–H groups in total. The molecule has 14 heavy (non-hydrogen) atoms. The number of nitrogens with zero attached hydrogens (tertiary/aromatic N) is 2. The second-order valence-corrected chi connectivity index (χ2v) is 3.32. The van der Waals surface area contributed by atoms with Crippen molar-refractivity contribution in [2.75, 3.05) is 5.73 Å². The van der Waals surface area contributed by atoms with E-state index in [0.717, 1.165) is 18.4 Å². The fraction of sp³-hybridized carbons (Fsp3) is 0.455. The summed E-state index contributed by atoms with van der Waals surface area (Å²) in [6.07, 6.45) is 5.34. The number of aromatic nitrogens is 1. The molecule has 3 nitrogen and oxygen atoms in total. The Morgan fingerprint density at radius 2 is 2.07 bits per heavy atom. The Hall–Kier alpha value is -1.56. The first-order valence-corrected chi connectivity index (χ1v) is 4.88. The predicted octanol–water partition coefficient (Wildman–Crippen LogP) is 2.44. The number of nitrogens with two attached hydrogens (primary N) is 1. The average Bonchev–Trinajstić information content (AvgIpc) is 2.22. The Labute approximate surface area is 84.6 Å². The maximum absolute atomic E-state index is 8.80. The van der Waals surface area contributed by atoms with Gasteiger partial charge in [0.1, 0.15) is 6.07 Å². The molecule has 3 heteroatoms. The van der Waals surface area contributed by atoms with Crippen LogP contribution in [0.4, 0.5) is 5.69 Å². The Morgan fingerprint density at radius 3 is 2.57 bits per heavy atom. The standard InChI is InChI=1S/C11H15N3/c1-3-8(4-2)10-7-14-6-9(5-12)11(10)13/h6-8H,3-4H2,1-2H3,(H2,13,14). The molecule has 74 valence electrons. The normalized spacial score (nSPS) is 10.1. The highest BCUT2D eigenvalue weighted by Crippen LogP contribution is 2.28. The van der Waals surface area contributed by atoms with Gasteiger partial charge in [-0.05, 0) is 24.3 Å². The minimum absolute atomic E-state index is 0.413. The van der Waals surface area contributed by atoms with Crippen LogP contribution in [0.2, 0.25) is 0 Å². The van der Waals surface area contributed by atoms with Gasteiger partial charge < -0.3 is 5.73 Å². The molecule has 0 aliphatic heterocycles. The summed E-state index contributed by atoms with van der Waals surface area (Å²) in [5, 5.41) is 8.80. The van der Waals surface area contributed by atoms with Gasteiger partial charge in [-0.2, -0.15) is 5.26 Å². The zero-order chi connectivity index (χ0) is 10.6. The largest absolute Gasteiger partial charge is 0.397 e. The van der Waals surface area contributed by atoms with Crippen LogP contribution in [-0.2, 0) is 0 Å². The summed E-state index contributed by atoms with van der Waals surface area (Å²) in [6, 6.07) is 2.05. The lowest BCUT2D eigenvalue weighted by atomic mass is 9.93. The van der Waals surface area contributed by atoms with Crippen LogP contribution in [-0.4, -0.2) is 4.98 Å². The van der Waals surface area contributed by atoms with Gasteiger partial charge in [0.15, 0.2) is 0 Å². The van der Waals surface area contributed by atoms with Crippen molar-refractivity contribution in [3.05, 3.63) is 23.5 Å². The Bertz CT molecular complexity index is 348. The van der Waals surface area contributed by atoms with Crippen molar-refractivity contribution >= 4 is 5.69 Å². The summed E-state index contributed by atoms with van der Waals surface area (Å²) >= 11 is 0. The van der Waals surface area contributed by atoms with Crippen molar-refractivity contribution in [2.45, 2.75) is 32.6 Å². The maximum atomic E-state index is 8.80. The third kappa shape index (κ3) is 1.85. The van der Waals surface area contributed by atoms with Crippen LogP contribution in [0.1, 0.15) is 43.7 Å². The van der Waals surface area contributed by atoms with Crippen LogP contribution in [0.25, 0.3) is 0 Å². The molecule has 0 spiro atoms. The molecule has 0 radical (unpaired) electrons. The van der Waals surface area contributed by atoms with E-state index in [2.05, 4.69) is 24.9 Å². The van der Waals surface area contributed by atoms with Gasteiger partial charge >= 0.3 is 0 Å². The summed E-state index contributed by atoms with van der Waals surface area (Å²) in [7, 11) is 0. The molecular weight excluding hydrogens is 174 g/mol. The van der Waals surface area contributed by atoms with E-state index in [4.69, 9.17) is 11.0 Å². The summed E-state index contributed by atoms with van der Waals surface area (Å²) in [4.78, 5) is 4.03. The number of rotatable bonds is 3. The van der Waals surface area contributed by atoms with Crippen LogP contribution in [0.5, 0.6) is 0 Å². The van der Waals surface area contributed by atoms with Gasteiger partial charge in [0.2, 0.25) is 0 Å². The summed E-state index contributed by atoms with van der Waals surface area (Å²) in [6.45, 7) is 4.24. The molecule has 1 heterocycles. The molecule has 0 aromatic carbocycles. The van der Waals surface area contributed by atoms with Crippen molar-refractivity contribution in [3.63, 3.8) is 0 Å². The van der Waals surface area contributed by atoms with Crippen LogP contribution >= 0.6 is 0 Å². The van der Waals surface area contributed by atoms with Crippen molar-refractivity contribution in [3.8, 4) is 6.07 Å². The number of nitrogen functional groups attached to an aromatic ring is 1. The van der Waals surface area contributed by atoms with Gasteiger partial charge in [-0.3, -0.25) is 4.98 Å². The molecular formula is C11H15N3. The van der Waals surface area contributed by atoms with E-state index >= 15 is 0 Å². The second kappa shape index (κ2) is 4.61. The average molecular weight is 189 g/mol. The Balaban J connectivity index is 3.15. The highest BCUT2D eigenvalue weighted by atomic mass is 14.7. The second-order valence-electron chi connectivity index (χ2n) is 3.32. The minimum atomic E-state index is 0.413. The monoisotopic (exact) mass is 189 g/mol. The number of hydrogen-bond acceptors (Lipinski definition) is 3. The topological polar surface area (TPSA) is 62.7 Å². The molecule has 1 aromatic heterocycles. The summed E-state index contributed by atoms with van der Waals surface area (Å²) in [5.74, 6) is 0.413. The van der Waals surface area contributed by atoms with Crippen LogP contribution in [0, 0.1) is 11.3 Å². The number of anilines is 1. The highest BCUT2D eigenvalue weighted by Gasteiger charge is 2.13. The van der Waals surface area contributed by atoms with Gasteiger partial charge in [0, 0.05) is 12.4 Å². The van der Waals surface area contributed by atoms with Crippen molar-refractivity contribution in [2.24, 2.45) is 0 Å². The van der Waals surface area contributed by atoms with E-state index in [9.17, 15) is 0 Å². The van der Waals surface area contributed by atoms with Crippen molar-refractivity contribution < 1.29 is 0 Å². The molecule has 0 bridgehead atoms. The molecule has 0 fully saturated rings. The summed E-state index contributed by atoms with van der Waals surface area (Å²) < 4.78 is 0. The maximum Gasteiger partial charge on any atom is 0.103 e. The van der Waals surface area contributed by atoms with Crippen molar-refractivity contribution in [1.82, 2.24) is 4.98 Å². The third-order valence-corrected chi connectivity index (χ3v) is 2.56. The van der Waals surface area contributed by atoms with E-state index in [1.54, 1.807) is 6.20 Å². The first-order valence-electron chi connectivity index (χ1n) is 4.88. The molecule has 0 saturated heterocycles. The molecule has 0 aliphatic rings. The van der Waals surface area contributed by atoms with Gasteiger partial charge in [-0.15, -0.1) is 0 Å². The van der Waals surface area contributed by atoms with E-state index in [0.29, 0.717) is 17.2 Å². The van der Waals surface area contributed by atoms with Gasteiger partial charge in [-0.25, -0.2) is 0 Å². The smallest absolute Gasteiger partial charge is 0.103 e. The van der Waals surface area contributed by atoms with Crippen LogP contribution < -0.4 is 5.73 Å². The molecule has 1 rings (SSSR count). The lowest BCUT2D eigenvalue weighted by Crippen LogP contribution is -2.04. The zero-order valence-electron chi connectivity index (χ0n) is 8.62. The quantitative estimate of drug-likeness (QED) is 0.794. The molecule has 0 saturated carbocycles. The van der Waals surface area contributed by atoms with Crippen molar-refractivity contribution in [1.29, 1.82) is 5.26 Å². The fourth-order valence-corrected chi connectivity index (χ4v) is 1.63. The van der Waals surface area contributed by atoms with Gasteiger partial charge in [-0.1, -0.05) is 13.8 Å². The zero-order valence-corrected chi connectivity index (χ0v) is 8.62. The van der Waals surface area contributed by atoms with E-state index < -0.39 is 0 Å². The fourth-order valence-electron chi connectivity index (χ4n) is 1.63. The highest BCUT2D eigenvalue weighted by molar-refractivity contribution is 5.58. The molecule has 0 aliphatic carbocycles. The van der Waals surface area contributed by atoms with Gasteiger partial charge in [0.25, 0.3) is 0 Å². The Morgan fingerprint density at radius 1 is 1.43 bits per heavy atom. The van der Waals surface area contributed by atoms with E-state index in [-0.39, 0.29) is 0 Å². The molecule has 0 amide bonds. The number of pyridine rings is 1. The lowest BCUT2D eigenvalue weighted by molar-refractivity contribution is 0.641. The summed E-state index contributed by atoms with van der Waals surface area (Å²) in [5.41, 5.74) is 7.97. The first kappa shape index (κ1) is 10.5. The van der Waals surface area contributed by atoms with Crippen LogP contribution in [0.15, 0.2) is 12.4 Å². The molecule has 1 aromatic rings. The lowest BCUT2D eigenvalue weighted by Gasteiger charge is -2.14. The van der Waals surface area contributed by atoms with E-state index in [1.165, 1.54) is 6.20 Å².